The topological polar surface area (TPSA) is 83.9 Å². The Morgan fingerprint density at radius 2 is 1.78 bits per heavy atom. The Bertz CT molecular complexity index is 1760. The Balaban J connectivity index is 1.29. The second kappa shape index (κ2) is 11.6. The van der Waals surface area contributed by atoms with Gasteiger partial charge in [0.15, 0.2) is 5.82 Å². The molecule has 4 aromatic rings. The highest BCUT2D eigenvalue weighted by atomic mass is 35.5. The normalized spacial score (nSPS) is 22.0. The van der Waals surface area contributed by atoms with Gasteiger partial charge >= 0.3 is 12.1 Å². The van der Waals surface area contributed by atoms with Gasteiger partial charge in [0, 0.05) is 47.7 Å². The van der Waals surface area contributed by atoms with E-state index in [2.05, 4.69) is 26.8 Å². The lowest BCUT2D eigenvalue weighted by Gasteiger charge is -2.42. The summed E-state index contributed by atoms with van der Waals surface area (Å²) in [6, 6.07) is 11.3. The second-order valence-corrected chi connectivity index (χ2v) is 14.0. The minimum atomic E-state index is -0.577. The first kappa shape index (κ1) is 29.9. The van der Waals surface area contributed by atoms with E-state index in [1.54, 1.807) is 12.3 Å². The summed E-state index contributed by atoms with van der Waals surface area (Å²) in [5, 5.41) is 2.66. The highest BCUT2D eigenvalue weighted by Crippen LogP contribution is 2.39. The van der Waals surface area contributed by atoms with Gasteiger partial charge < -0.3 is 19.3 Å². The van der Waals surface area contributed by atoms with Crippen molar-refractivity contribution in [1.29, 1.82) is 0 Å². The fourth-order valence-electron chi connectivity index (χ4n) is 7.05. The molecule has 2 bridgehead atoms. The first-order chi connectivity index (χ1) is 21.6. The highest BCUT2D eigenvalue weighted by Gasteiger charge is 2.45. The molecule has 3 aliphatic heterocycles. The maximum absolute atomic E-state index is 16.7. The van der Waals surface area contributed by atoms with Crippen LogP contribution in [0.2, 0.25) is 5.02 Å². The summed E-state index contributed by atoms with van der Waals surface area (Å²) in [5.41, 5.74) is 0.336. The molecule has 0 radical (unpaired) electrons. The average Bonchev–Trinajstić information content (AvgIpc) is 3.54. The maximum atomic E-state index is 16.7. The Morgan fingerprint density at radius 1 is 1.04 bits per heavy atom. The van der Waals surface area contributed by atoms with Crippen molar-refractivity contribution in [3.63, 3.8) is 0 Å². The molecule has 5 heterocycles. The third kappa shape index (κ3) is 5.74. The number of hydrogen-bond donors (Lipinski definition) is 0. The van der Waals surface area contributed by atoms with Gasteiger partial charge in [0.05, 0.1) is 24.1 Å². The number of carbonyl (C=O) groups excluding carboxylic acids is 1. The fourth-order valence-corrected chi connectivity index (χ4v) is 7.33. The van der Waals surface area contributed by atoms with Crippen LogP contribution in [-0.4, -0.2) is 88.4 Å². The molecule has 45 heavy (non-hydrogen) atoms. The number of carbonyl (C=O) groups is 1. The maximum Gasteiger partial charge on any atom is 0.410 e. The SMILES string of the molecule is CN1CC[C@@H](COc2nc(N3C[C@H]4CC[C@@H](C3)N4C(=O)OC(C)(C)C)c3cnc(-c4cccc5cccc(Cl)c45)c(F)c3n2)C1. The fraction of sp³-hybridized carbons (Fsp3) is 0.471. The zero-order valence-corrected chi connectivity index (χ0v) is 26.9. The van der Waals surface area contributed by atoms with Crippen molar-refractivity contribution in [2.75, 3.05) is 44.7 Å². The number of pyridine rings is 1. The van der Waals surface area contributed by atoms with Gasteiger partial charge in [-0.25, -0.2) is 9.18 Å². The van der Waals surface area contributed by atoms with E-state index < -0.39 is 11.4 Å². The summed E-state index contributed by atoms with van der Waals surface area (Å²) < 4.78 is 28.6. The average molecular weight is 633 g/mol. The van der Waals surface area contributed by atoms with E-state index in [0.29, 0.717) is 47.4 Å². The molecule has 2 aromatic heterocycles. The number of fused-ring (bicyclic) bond motifs is 4. The quantitative estimate of drug-likeness (QED) is 0.245. The van der Waals surface area contributed by atoms with Crippen LogP contribution in [0, 0.1) is 11.7 Å². The van der Waals surface area contributed by atoms with Gasteiger partial charge in [-0.3, -0.25) is 9.88 Å². The lowest BCUT2D eigenvalue weighted by atomic mass is 10.0. The third-order valence-electron chi connectivity index (χ3n) is 9.08. The van der Waals surface area contributed by atoms with Gasteiger partial charge in [-0.05, 0) is 65.1 Å². The monoisotopic (exact) mass is 632 g/mol. The third-order valence-corrected chi connectivity index (χ3v) is 9.39. The van der Waals surface area contributed by atoms with Crippen LogP contribution in [0.4, 0.5) is 15.0 Å². The minimum absolute atomic E-state index is 0.0445. The molecule has 9 nitrogen and oxygen atoms in total. The molecule has 3 atom stereocenters. The molecule has 1 amide bonds. The number of aromatic nitrogens is 3. The molecular formula is C34H38ClFN6O3. The Morgan fingerprint density at radius 3 is 2.47 bits per heavy atom. The van der Waals surface area contributed by atoms with Gasteiger partial charge in [-0.15, -0.1) is 0 Å². The predicted molar refractivity (Wildman–Crippen MR) is 173 cm³/mol. The molecule has 3 saturated heterocycles. The van der Waals surface area contributed by atoms with Crippen LogP contribution >= 0.6 is 11.6 Å². The number of likely N-dealkylation sites (tertiary alicyclic amines) is 1. The molecule has 236 valence electrons. The van der Waals surface area contributed by atoms with Crippen LogP contribution in [0.1, 0.15) is 40.0 Å². The van der Waals surface area contributed by atoms with Crippen molar-refractivity contribution in [2.24, 2.45) is 5.92 Å². The molecule has 0 unspecified atom stereocenters. The van der Waals surface area contributed by atoms with E-state index in [1.165, 1.54) is 0 Å². The first-order valence-corrected chi connectivity index (χ1v) is 16.0. The summed E-state index contributed by atoms with van der Waals surface area (Å²) in [6.07, 6.45) is 4.11. The van der Waals surface area contributed by atoms with Crippen LogP contribution < -0.4 is 9.64 Å². The van der Waals surface area contributed by atoms with Crippen LogP contribution in [0.15, 0.2) is 42.6 Å². The molecule has 0 spiro atoms. The van der Waals surface area contributed by atoms with Crippen LogP contribution in [0.3, 0.4) is 0 Å². The number of benzene rings is 2. The van der Waals surface area contributed by atoms with E-state index in [4.69, 9.17) is 26.1 Å². The second-order valence-electron chi connectivity index (χ2n) is 13.6. The van der Waals surface area contributed by atoms with Crippen LogP contribution in [0.25, 0.3) is 32.9 Å². The molecule has 3 aliphatic rings. The van der Waals surface area contributed by atoms with E-state index in [0.717, 1.165) is 43.1 Å². The first-order valence-electron chi connectivity index (χ1n) is 15.7. The van der Waals surface area contributed by atoms with Gasteiger partial charge in [0.25, 0.3) is 0 Å². The lowest BCUT2D eigenvalue weighted by molar-refractivity contribution is 0.0122. The summed E-state index contributed by atoms with van der Waals surface area (Å²) in [7, 11) is 2.10. The number of halogens is 2. The molecule has 0 saturated carbocycles. The van der Waals surface area contributed by atoms with E-state index in [1.807, 2.05) is 56.0 Å². The number of nitrogens with zero attached hydrogens (tertiary/aromatic N) is 6. The number of rotatable bonds is 5. The zero-order valence-electron chi connectivity index (χ0n) is 26.1. The summed E-state index contributed by atoms with van der Waals surface area (Å²) in [4.78, 5) is 33.5. The number of hydrogen-bond acceptors (Lipinski definition) is 8. The van der Waals surface area contributed by atoms with Crippen molar-refractivity contribution in [2.45, 2.75) is 57.7 Å². The van der Waals surface area contributed by atoms with E-state index >= 15 is 4.39 Å². The van der Waals surface area contributed by atoms with Gasteiger partial charge in [0.1, 0.15) is 22.6 Å². The lowest BCUT2D eigenvalue weighted by Crippen LogP contribution is -2.57. The van der Waals surface area contributed by atoms with Crippen molar-refractivity contribution in [3.8, 4) is 17.3 Å². The predicted octanol–water partition coefficient (Wildman–Crippen LogP) is 6.56. The van der Waals surface area contributed by atoms with E-state index in [9.17, 15) is 4.79 Å². The largest absolute Gasteiger partial charge is 0.463 e. The highest BCUT2D eigenvalue weighted by molar-refractivity contribution is 6.36. The summed E-state index contributed by atoms with van der Waals surface area (Å²) in [6.45, 7) is 9.11. The number of anilines is 1. The van der Waals surface area contributed by atoms with Gasteiger partial charge in [-0.1, -0.05) is 41.9 Å². The number of ether oxygens (including phenoxy) is 2. The zero-order chi connectivity index (χ0) is 31.5. The van der Waals surface area contributed by atoms with Crippen molar-refractivity contribution in [1.82, 2.24) is 24.8 Å². The Labute approximate surface area is 267 Å². The Kier molecular flexibility index (Phi) is 7.68. The molecule has 11 heteroatoms. The number of piperazine rings is 1. The molecule has 7 rings (SSSR count). The van der Waals surface area contributed by atoms with Gasteiger partial charge in [0.2, 0.25) is 0 Å². The van der Waals surface area contributed by atoms with Gasteiger partial charge in [-0.2, -0.15) is 9.97 Å². The standard InChI is InChI=1S/C34H38ClFN6O3/c1-34(2,3)45-33(43)42-22-11-12-23(42)18-41(17-22)31-25-15-37-29(24-9-5-7-21-8-6-10-26(35)27(21)24)28(36)30(25)38-32(39-31)44-19-20-13-14-40(4)16-20/h5-10,15,20,22-23H,11-14,16-19H2,1-4H3/t20-,22-,23+/m1/s1. The van der Waals surface area contributed by atoms with Crippen LogP contribution in [0.5, 0.6) is 6.01 Å². The van der Waals surface area contributed by atoms with Crippen molar-refractivity contribution < 1.29 is 18.7 Å². The molecule has 0 N–H and O–H groups in total. The molecule has 2 aromatic carbocycles. The summed E-state index contributed by atoms with van der Waals surface area (Å²) >= 11 is 6.61. The molecular weight excluding hydrogens is 595 g/mol. The molecule has 0 aliphatic carbocycles. The molecule has 3 fully saturated rings. The van der Waals surface area contributed by atoms with Crippen LogP contribution in [-0.2, 0) is 4.74 Å². The Hall–Kier alpha value is -3.76. The minimum Gasteiger partial charge on any atom is -0.463 e. The number of amides is 1. The smallest absolute Gasteiger partial charge is 0.410 e. The van der Waals surface area contributed by atoms with E-state index in [-0.39, 0.29) is 35.4 Å². The van der Waals surface area contributed by atoms with Crippen molar-refractivity contribution >= 4 is 45.2 Å². The summed E-state index contributed by atoms with van der Waals surface area (Å²) in [5.74, 6) is 0.360. The van der Waals surface area contributed by atoms with Crippen molar-refractivity contribution in [3.05, 3.63) is 53.4 Å².